The molecular formula is C20H34IN3O3. The zero-order valence-electron chi connectivity index (χ0n) is 16.5. The highest BCUT2D eigenvalue weighted by molar-refractivity contribution is 14.0. The molecule has 0 radical (unpaired) electrons. The van der Waals surface area contributed by atoms with Gasteiger partial charge < -0.3 is 24.8 Å². The number of rotatable bonds is 11. The maximum Gasteiger partial charge on any atom is 0.190 e. The van der Waals surface area contributed by atoms with Gasteiger partial charge in [-0.1, -0.05) is 19.1 Å². The van der Waals surface area contributed by atoms with Gasteiger partial charge in [-0.3, -0.25) is 4.99 Å². The summed E-state index contributed by atoms with van der Waals surface area (Å²) in [6.45, 7) is 6.86. The van der Waals surface area contributed by atoms with Crippen molar-refractivity contribution in [2.45, 2.75) is 38.7 Å². The van der Waals surface area contributed by atoms with Crippen LogP contribution in [0.15, 0.2) is 29.3 Å². The van der Waals surface area contributed by atoms with Crippen molar-refractivity contribution in [1.29, 1.82) is 0 Å². The molecule has 154 valence electrons. The van der Waals surface area contributed by atoms with Gasteiger partial charge in [-0.25, -0.2) is 0 Å². The SMILES string of the molecule is CCCOc1cccc(CCNC(=NC)NCCCOC2CCOC2)c1.I. The van der Waals surface area contributed by atoms with E-state index in [2.05, 4.69) is 34.7 Å². The van der Waals surface area contributed by atoms with E-state index in [1.165, 1.54) is 5.56 Å². The first-order valence-corrected chi connectivity index (χ1v) is 9.67. The average Bonchev–Trinajstić information content (AvgIpc) is 3.18. The van der Waals surface area contributed by atoms with E-state index in [4.69, 9.17) is 14.2 Å². The first-order valence-electron chi connectivity index (χ1n) is 9.67. The van der Waals surface area contributed by atoms with Gasteiger partial charge in [0.1, 0.15) is 5.75 Å². The third kappa shape index (κ3) is 10.2. The summed E-state index contributed by atoms with van der Waals surface area (Å²) in [6, 6.07) is 8.29. The highest BCUT2D eigenvalue weighted by atomic mass is 127. The fraction of sp³-hybridized carbons (Fsp3) is 0.650. The highest BCUT2D eigenvalue weighted by Crippen LogP contribution is 2.13. The van der Waals surface area contributed by atoms with E-state index in [9.17, 15) is 0 Å². The van der Waals surface area contributed by atoms with Crippen LogP contribution < -0.4 is 15.4 Å². The van der Waals surface area contributed by atoms with E-state index < -0.39 is 0 Å². The van der Waals surface area contributed by atoms with Gasteiger partial charge in [0.05, 0.1) is 19.3 Å². The fourth-order valence-electron chi connectivity index (χ4n) is 2.73. The molecule has 7 heteroatoms. The molecule has 1 aliphatic rings. The van der Waals surface area contributed by atoms with Gasteiger partial charge >= 0.3 is 0 Å². The molecule has 1 aliphatic heterocycles. The van der Waals surface area contributed by atoms with Crippen molar-refractivity contribution in [3.05, 3.63) is 29.8 Å². The predicted octanol–water partition coefficient (Wildman–Crippen LogP) is 3.00. The van der Waals surface area contributed by atoms with Crippen LogP contribution in [0.4, 0.5) is 0 Å². The van der Waals surface area contributed by atoms with Gasteiger partial charge in [0, 0.05) is 33.4 Å². The fourth-order valence-corrected chi connectivity index (χ4v) is 2.73. The largest absolute Gasteiger partial charge is 0.494 e. The number of halogens is 1. The van der Waals surface area contributed by atoms with Crippen LogP contribution >= 0.6 is 24.0 Å². The second kappa shape index (κ2) is 14.9. The van der Waals surface area contributed by atoms with E-state index in [1.54, 1.807) is 7.05 Å². The summed E-state index contributed by atoms with van der Waals surface area (Å²) in [5.41, 5.74) is 1.26. The van der Waals surface area contributed by atoms with Gasteiger partial charge in [-0.05, 0) is 43.4 Å². The van der Waals surface area contributed by atoms with E-state index in [0.717, 1.165) is 76.9 Å². The predicted molar refractivity (Wildman–Crippen MR) is 121 cm³/mol. The molecule has 1 fully saturated rings. The molecule has 0 bridgehead atoms. The zero-order chi connectivity index (χ0) is 18.5. The van der Waals surface area contributed by atoms with Crippen molar-refractivity contribution in [2.24, 2.45) is 4.99 Å². The third-order valence-electron chi connectivity index (χ3n) is 4.16. The molecule has 0 aliphatic carbocycles. The Balaban J connectivity index is 0.00000364. The summed E-state index contributed by atoms with van der Waals surface area (Å²) in [5.74, 6) is 1.77. The quantitative estimate of drug-likeness (QED) is 0.216. The minimum atomic E-state index is 0. The number of aliphatic imine (C=N–C) groups is 1. The van der Waals surface area contributed by atoms with Gasteiger partial charge in [0.15, 0.2) is 5.96 Å². The van der Waals surface area contributed by atoms with Crippen LogP contribution in [0.25, 0.3) is 0 Å². The molecule has 1 atom stereocenters. The molecule has 2 rings (SSSR count). The molecule has 0 aromatic heterocycles. The topological polar surface area (TPSA) is 64.1 Å². The van der Waals surface area contributed by atoms with E-state index in [1.807, 2.05) is 12.1 Å². The molecule has 1 aromatic rings. The van der Waals surface area contributed by atoms with Gasteiger partial charge in [0.2, 0.25) is 0 Å². The Morgan fingerprint density at radius 3 is 2.85 bits per heavy atom. The maximum absolute atomic E-state index is 5.76. The monoisotopic (exact) mass is 491 g/mol. The Labute approximate surface area is 180 Å². The lowest BCUT2D eigenvalue weighted by Gasteiger charge is -2.13. The molecular weight excluding hydrogens is 457 g/mol. The Kier molecular flexibility index (Phi) is 13.3. The van der Waals surface area contributed by atoms with Crippen molar-refractivity contribution in [3.63, 3.8) is 0 Å². The molecule has 0 spiro atoms. The summed E-state index contributed by atoms with van der Waals surface area (Å²) in [4.78, 5) is 4.26. The van der Waals surface area contributed by atoms with Gasteiger partial charge in [-0.15, -0.1) is 24.0 Å². The minimum Gasteiger partial charge on any atom is -0.494 e. The lowest BCUT2D eigenvalue weighted by Crippen LogP contribution is -2.39. The number of ether oxygens (including phenoxy) is 3. The van der Waals surface area contributed by atoms with E-state index in [-0.39, 0.29) is 30.1 Å². The first kappa shape index (κ1) is 24.0. The number of guanidine groups is 1. The van der Waals surface area contributed by atoms with Crippen molar-refractivity contribution >= 4 is 29.9 Å². The Morgan fingerprint density at radius 1 is 1.26 bits per heavy atom. The number of hydrogen-bond acceptors (Lipinski definition) is 4. The van der Waals surface area contributed by atoms with Gasteiger partial charge in [0.25, 0.3) is 0 Å². The molecule has 1 saturated heterocycles. The van der Waals surface area contributed by atoms with Crippen LogP contribution in [0, 0.1) is 0 Å². The zero-order valence-corrected chi connectivity index (χ0v) is 18.9. The highest BCUT2D eigenvalue weighted by Gasteiger charge is 2.15. The number of nitrogens with one attached hydrogen (secondary N) is 2. The molecule has 6 nitrogen and oxygen atoms in total. The lowest BCUT2D eigenvalue weighted by molar-refractivity contribution is 0.0420. The Morgan fingerprint density at radius 2 is 2.11 bits per heavy atom. The molecule has 27 heavy (non-hydrogen) atoms. The number of hydrogen-bond donors (Lipinski definition) is 2. The first-order chi connectivity index (χ1) is 12.8. The normalized spacial score (nSPS) is 16.7. The second-order valence-corrected chi connectivity index (χ2v) is 6.38. The summed E-state index contributed by atoms with van der Waals surface area (Å²) >= 11 is 0. The second-order valence-electron chi connectivity index (χ2n) is 6.38. The molecule has 0 saturated carbocycles. The molecule has 1 unspecified atom stereocenters. The summed E-state index contributed by atoms with van der Waals surface area (Å²) in [6.07, 6.45) is 4.20. The Hall–Kier alpha value is -1.06. The number of benzene rings is 1. The standard InChI is InChI=1S/C20H33N3O3.HI/c1-3-12-25-18-7-4-6-17(15-18)8-11-23-20(21-2)22-10-5-13-26-19-9-14-24-16-19;/h4,6-7,15,19H,3,5,8-14,16H2,1-2H3,(H2,21,22,23);1H. The van der Waals surface area contributed by atoms with Gasteiger partial charge in [-0.2, -0.15) is 0 Å². The van der Waals surface area contributed by atoms with Crippen LogP contribution in [0.3, 0.4) is 0 Å². The van der Waals surface area contributed by atoms with Crippen LogP contribution in [-0.4, -0.2) is 58.6 Å². The molecule has 1 heterocycles. The maximum atomic E-state index is 5.76. The number of nitrogens with zero attached hydrogens (tertiary/aromatic N) is 1. The van der Waals surface area contributed by atoms with Crippen molar-refractivity contribution in [3.8, 4) is 5.75 Å². The van der Waals surface area contributed by atoms with E-state index in [0.29, 0.717) is 0 Å². The molecule has 0 amide bonds. The Bertz CT molecular complexity index is 537. The van der Waals surface area contributed by atoms with Crippen LogP contribution in [0.2, 0.25) is 0 Å². The average molecular weight is 491 g/mol. The van der Waals surface area contributed by atoms with Crippen molar-refractivity contribution in [1.82, 2.24) is 10.6 Å². The van der Waals surface area contributed by atoms with Crippen LogP contribution in [0.1, 0.15) is 31.7 Å². The van der Waals surface area contributed by atoms with Crippen molar-refractivity contribution in [2.75, 3.05) is 46.6 Å². The van der Waals surface area contributed by atoms with Crippen LogP contribution in [-0.2, 0) is 15.9 Å². The smallest absolute Gasteiger partial charge is 0.190 e. The summed E-state index contributed by atoms with van der Waals surface area (Å²) in [5, 5.41) is 6.67. The summed E-state index contributed by atoms with van der Waals surface area (Å²) in [7, 11) is 1.79. The van der Waals surface area contributed by atoms with Crippen molar-refractivity contribution < 1.29 is 14.2 Å². The third-order valence-corrected chi connectivity index (χ3v) is 4.16. The molecule has 2 N–H and O–H groups in total. The van der Waals surface area contributed by atoms with E-state index >= 15 is 0 Å². The van der Waals surface area contributed by atoms with Crippen LogP contribution in [0.5, 0.6) is 5.75 Å². The summed E-state index contributed by atoms with van der Waals surface area (Å²) < 4.78 is 16.7. The lowest BCUT2D eigenvalue weighted by atomic mass is 10.1. The molecule has 1 aromatic carbocycles. The minimum absolute atomic E-state index is 0.